The lowest BCUT2D eigenvalue weighted by molar-refractivity contribution is -0.142. The molecule has 0 unspecified atom stereocenters. The van der Waals surface area contributed by atoms with Crippen LogP contribution in [0.4, 0.5) is 15.3 Å². The van der Waals surface area contributed by atoms with Crippen LogP contribution in [0.25, 0.3) is 0 Å². The number of likely N-dealkylation sites (tertiary alicyclic amines) is 2. The molecular formula is C34H43Cl2N5O4. The first-order chi connectivity index (χ1) is 21.8. The number of halogens is 2. The molecule has 0 aromatic heterocycles. The zero-order valence-electron chi connectivity index (χ0n) is 25.7. The minimum absolute atomic E-state index is 0.0237. The number of para-hydroxylation sites is 1. The first-order valence-corrected chi connectivity index (χ1v) is 17.1. The summed E-state index contributed by atoms with van der Waals surface area (Å²) in [4.78, 5) is 45.9. The number of ether oxygens (including phenoxy) is 1. The summed E-state index contributed by atoms with van der Waals surface area (Å²) in [5, 5.41) is 7.43. The zero-order chi connectivity index (χ0) is 31.3. The molecule has 4 aliphatic rings. The van der Waals surface area contributed by atoms with Gasteiger partial charge in [0.05, 0.1) is 0 Å². The number of urea groups is 1. The molecule has 242 valence electrons. The maximum Gasteiger partial charge on any atom is 0.410 e. The van der Waals surface area contributed by atoms with Crippen LogP contribution in [0.5, 0.6) is 0 Å². The molecule has 11 heteroatoms. The highest BCUT2D eigenvalue weighted by Crippen LogP contribution is 2.32. The van der Waals surface area contributed by atoms with Crippen molar-refractivity contribution in [3.63, 3.8) is 0 Å². The second-order valence-electron chi connectivity index (χ2n) is 12.9. The molecule has 2 N–H and O–H groups in total. The minimum atomic E-state index is -0.977. The van der Waals surface area contributed by atoms with Crippen LogP contribution >= 0.6 is 23.2 Å². The molecule has 1 atom stereocenters. The average molecular weight is 657 g/mol. The quantitative estimate of drug-likeness (QED) is 0.408. The van der Waals surface area contributed by atoms with Crippen molar-refractivity contribution in [1.82, 2.24) is 20.0 Å². The van der Waals surface area contributed by atoms with Gasteiger partial charge in [-0.05, 0) is 105 Å². The van der Waals surface area contributed by atoms with Gasteiger partial charge in [0.25, 0.3) is 5.91 Å². The van der Waals surface area contributed by atoms with E-state index in [0.717, 1.165) is 49.2 Å². The third-order valence-electron chi connectivity index (χ3n) is 10.1. The predicted octanol–water partition coefficient (Wildman–Crippen LogP) is 5.83. The summed E-state index contributed by atoms with van der Waals surface area (Å²) in [6, 6.07) is 13.0. The SMILES string of the molecule is O=C(O[C@H](Cc1cc(Cl)cc(Cl)c1)C(=O)N1CCC(C2CCNCC2)CC1)N1CCC(N2CCc3ccccc3NC2=O)CC1. The first-order valence-electron chi connectivity index (χ1n) is 16.4. The molecule has 0 spiro atoms. The number of anilines is 1. The fourth-order valence-electron chi connectivity index (χ4n) is 7.53. The van der Waals surface area contributed by atoms with Crippen molar-refractivity contribution in [3.05, 3.63) is 63.6 Å². The van der Waals surface area contributed by atoms with Crippen LogP contribution in [0.1, 0.15) is 49.7 Å². The summed E-state index contributed by atoms with van der Waals surface area (Å²) in [6.07, 6.45) is 5.13. The Bertz CT molecular complexity index is 1350. The van der Waals surface area contributed by atoms with Crippen LogP contribution in [0.3, 0.4) is 0 Å². The molecule has 3 fully saturated rings. The molecule has 0 radical (unpaired) electrons. The zero-order valence-corrected chi connectivity index (χ0v) is 27.2. The Morgan fingerprint density at radius 3 is 2.20 bits per heavy atom. The Balaban J connectivity index is 1.07. The summed E-state index contributed by atoms with van der Waals surface area (Å²) < 4.78 is 6.00. The van der Waals surface area contributed by atoms with Crippen LogP contribution in [0, 0.1) is 11.8 Å². The van der Waals surface area contributed by atoms with Crippen LogP contribution in [-0.4, -0.2) is 90.7 Å². The highest BCUT2D eigenvalue weighted by molar-refractivity contribution is 6.34. The fraction of sp³-hybridized carbons (Fsp3) is 0.559. The monoisotopic (exact) mass is 655 g/mol. The number of carbonyl (C=O) groups is 3. The smallest absolute Gasteiger partial charge is 0.410 e. The van der Waals surface area contributed by atoms with E-state index in [4.69, 9.17) is 27.9 Å². The normalized spacial score (nSPS) is 21.1. The molecule has 4 amide bonds. The number of benzene rings is 2. The van der Waals surface area contributed by atoms with Crippen molar-refractivity contribution >= 4 is 46.9 Å². The maximum absolute atomic E-state index is 13.9. The van der Waals surface area contributed by atoms with E-state index in [-0.39, 0.29) is 24.4 Å². The molecule has 6 rings (SSSR count). The fourth-order valence-corrected chi connectivity index (χ4v) is 8.10. The molecule has 45 heavy (non-hydrogen) atoms. The lowest BCUT2D eigenvalue weighted by Gasteiger charge is -2.39. The largest absolute Gasteiger partial charge is 0.436 e. The highest BCUT2D eigenvalue weighted by Gasteiger charge is 2.36. The van der Waals surface area contributed by atoms with Gasteiger partial charge >= 0.3 is 12.1 Å². The number of amides is 4. The van der Waals surface area contributed by atoms with E-state index in [9.17, 15) is 14.4 Å². The first kappa shape index (κ1) is 32.0. The second kappa shape index (κ2) is 14.6. The number of nitrogens with one attached hydrogen (secondary N) is 2. The van der Waals surface area contributed by atoms with Crippen molar-refractivity contribution in [1.29, 1.82) is 0 Å². The number of fused-ring (bicyclic) bond motifs is 1. The predicted molar refractivity (Wildman–Crippen MR) is 176 cm³/mol. The minimum Gasteiger partial charge on any atom is -0.436 e. The van der Waals surface area contributed by atoms with Gasteiger partial charge in [0.2, 0.25) is 0 Å². The number of nitrogens with zero attached hydrogens (tertiary/aromatic N) is 3. The molecule has 2 aromatic rings. The summed E-state index contributed by atoms with van der Waals surface area (Å²) in [6.45, 7) is 5.01. The standard InChI is InChI=1S/C34H43Cl2N5O4/c35-27-19-23(20-28(36)22-27)21-31(32(42)39-14-7-25(8-15-39)24-5-12-37-13-6-24)45-34(44)40-16-10-29(11-17-40)41-18-9-26-3-1-2-4-30(26)38-33(41)43/h1-4,19-20,22,24-25,29,31,37H,5-18,21H2,(H,38,43)/t31-/m1/s1. The van der Waals surface area contributed by atoms with Crippen molar-refractivity contribution in [2.45, 2.75) is 63.5 Å². The summed E-state index contributed by atoms with van der Waals surface area (Å²) in [7, 11) is 0. The van der Waals surface area contributed by atoms with Crippen LogP contribution in [0.2, 0.25) is 10.0 Å². The van der Waals surface area contributed by atoms with E-state index in [0.29, 0.717) is 67.4 Å². The van der Waals surface area contributed by atoms with Gasteiger partial charge in [0.15, 0.2) is 6.10 Å². The number of rotatable bonds is 6. The van der Waals surface area contributed by atoms with E-state index in [1.54, 1.807) is 23.1 Å². The van der Waals surface area contributed by atoms with Crippen LogP contribution in [-0.2, 0) is 22.4 Å². The Hall–Kier alpha value is -3.01. The van der Waals surface area contributed by atoms with Crippen molar-refractivity contribution in [2.24, 2.45) is 11.8 Å². The Labute approximate surface area is 275 Å². The Morgan fingerprint density at radius 2 is 1.49 bits per heavy atom. The molecule has 9 nitrogen and oxygen atoms in total. The van der Waals surface area contributed by atoms with Crippen LogP contribution < -0.4 is 10.6 Å². The van der Waals surface area contributed by atoms with E-state index in [2.05, 4.69) is 10.6 Å². The molecule has 4 heterocycles. The van der Waals surface area contributed by atoms with E-state index < -0.39 is 12.2 Å². The van der Waals surface area contributed by atoms with Gasteiger partial charge in [0, 0.05) is 60.9 Å². The van der Waals surface area contributed by atoms with E-state index >= 15 is 0 Å². The maximum atomic E-state index is 13.9. The molecular weight excluding hydrogens is 613 g/mol. The third kappa shape index (κ3) is 7.87. The topological polar surface area (TPSA) is 94.2 Å². The molecule has 3 saturated heterocycles. The van der Waals surface area contributed by atoms with Gasteiger partial charge in [-0.1, -0.05) is 41.4 Å². The number of hydrogen-bond donors (Lipinski definition) is 2. The average Bonchev–Trinajstić information content (AvgIpc) is 3.22. The molecule has 0 bridgehead atoms. The van der Waals surface area contributed by atoms with Gasteiger partial charge in [-0.2, -0.15) is 0 Å². The lowest BCUT2D eigenvalue weighted by Crippen LogP contribution is -2.52. The van der Waals surface area contributed by atoms with Gasteiger partial charge in [-0.15, -0.1) is 0 Å². The van der Waals surface area contributed by atoms with Gasteiger partial charge in [-0.25, -0.2) is 9.59 Å². The number of hydrogen-bond acceptors (Lipinski definition) is 5. The Kier molecular flexibility index (Phi) is 10.4. The van der Waals surface area contributed by atoms with Gasteiger partial charge < -0.3 is 30.1 Å². The second-order valence-corrected chi connectivity index (χ2v) is 13.7. The van der Waals surface area contributed by atoms with Gasteiger partial charge in [-0.3, -0.25) is 4.79 Å². The van der Waals surface area contributed by atoms with Crippen molar-refractivity contribution in [2.75, 3.05) is 51.1 Å². The van der Waals surface area contributed by atoms with Crippen molar-refractivity contribution in [3.8, 4) is 0 Å². The molecule has 2 aromatic carbocycles. The summed E-state index contributed by atoms with van der Waals surface area (Å²) >= 11 is 12.5. The Morgan fingerprint density at radius 1 is 0.844 bits per heavy atom. The lowest BCUT2D eigenvalue weighted by atomic mass is 9.79. The van der Waals surface area contributed by atoms with Crippen LogP contribution in [0.15, 0.2) is 42.5 Å². The number of carbonyl (C=O) groups excluding carboxylic acids is 3. The molecule has 0 saturated carbocycles. The van der Waals surface area contributed by atoms with E-state index in [1.165, 1.54) is 12.8 Å². The van der Waals surface area contributed by atoms with Gasteiger partial charge in [0.1, 0.15) is 0 Å². The summed E-state index contributed by atoms with van der Waals surface area (Å²) in [5.41, 5.74) is 2.73. The molecule has 4 aliphatic heterocycles. The third-order valence-corrected chi connectivity index (χ3v) is 10.5. The number of piperidine rings is 3. The summed E-state index contributed by atoms with van der Waals surface area (Å²) in [5.74, 6) is 1.17. The van der Waals surface area contributed by atoms with E-state index in [1.807, 2.05) is 34.1 Å². The van der Waals surface area contributed by atoms with Crippen molar-refractivity contribution < 1.29 is 19.1 Å². The molecule has 0 aliphatic carbocycles. The highest BCUT2D eigenvalue weighted by atomic mass is 35.5.